The van der Waals surface area contributed by atoms with Gasteiger partial charge in [-0.05, 0) is 62.9 Å². The number of nitrogens with zero attached hydrogens (tertiary/aromatic N) is 1. The van der Waals surface area contributed by atoms with Gasteiger partial charge in [-0.2, -0.15) is 0 Å². The summed E-state index contributed by atoms with van der Waals surface area (Å²) in [7, 11) is 2.12. The summed E-state index contributed by atoms with van der Waals surface area (Å²) >= 11 is 0. The molecule has 1 aliphatic heterocycles. The third kappa shape index (κ3) is 3.22. The van der Waals surface area contributed by atoms with Gasteiger partial charge in [-0.3, -0.25) is 0 Å². The molecule has 3 rings (SSSR count). The molecule has 1 aromatic rings. The minimum atomic E-state index is -1.75. The second-order valence-corrected chi connectivity index (χ2v) is 7.57. The van der Waals surface area contributed by atoms with E-state index < -0.39 is 11.6 Å². The number of aliphatic hydroxyl groups is 1. The second kappa shape index (κ2) is 7.24. The monoisotopic (exact) mass is 331 g/mol. The maximum atomic E-state index is 12.1. The molecule has 0 radical (unpaired) electrons. The van der Waals surface area contributed by atoms with Crippen molar-refractivity contribution in [3.8, 4) is 0 Å². The van der Waals surface area contributed by atoms with E-state index in [2.05, 4.69) is 11.9 Å². The van der Waals surface area contributed by atoms with E-state index in [9.17, 15) is 15.0 Å². The van der Waals surface area contributed by atoms with Gasteiger partial charge in [0.15, 0.2) is 5.60 Å². The second-order valence-electron chi connectivity index (χ2n) is 7.57. The van der Waals surface area contributed by atoms with Crippen LogP contribution in [0.4, 0.5) is 0 Å². The Balaban J connectivity index is 1.97. The van der Waals surface area contributed by atoms with Crippen molar-refractivity contribution in [3.63, 3.8) is 0 Å². The molecule has 1 unspecified atom stereocenters. The molecule has 2 N–H and O–H groups in total. The van der Waals surface area contributed by atoms with Crippen LogP contribution in [0.2, 0.25) is 0 Å². The van der Waals surface area contributed by atoms with Gasteiger partial charge in [0, 0.05) is 5.92 Å². The summed E-state index contributed by atoms with van der Waals surface area (Å²) in [5.74, 6) is -0.933. The van der Waals surface area contributed by atoms with Crippen LogP contribution >= 0.6 is 0 Å². The van der Waals surface area contributed by atoms with Crippen molar-refractivity contribution < 1.29 is 15.0 Å². The summed E-state index contributed by atoms with van der Waals surface area (Å²) in [6, 6.07) is 7.71. The Bertz CT molecular complexity index is 574. The number of carboxylic acid groups (broad SMARTS) is 1. The average molecular weight is 331 g/mol. The molecule has 0 bridgehead atoms. The maximum Gasteiger partial charge on any atom is 0.340 e. The zero-order valence-corrected chi connectivity index (χ0v) is 14.6. The lowest BCUT2D eigenvalue weighted by Gasteiger charge is -2.38. The molecule has 24 heavy (non-hydrogen) atoms. The highest BCUT2D eigenvalue weighted by molar-refractivity contribution is 5.80. The molecule has 1 saturated heterocycles. The number of benzene rings is 1. The van der Waals surface area contributed by atoms with E-state index in [4.69, 9.17) is 0 Å². The molecule has 1 saturated carbocycles. The smallest absolute Gasteiger partial charge is 0.340 e. The van der Waals surface area contributed by atoms with Gasteiger partial charge in [-0.15, -0.1) is 0 Å². The van der Waals surface area contributed by atoms with Gasteiger partial charge in [0.2, 0.25) is 0 Å². The largest absolute Gasteiger partial charge is 0.479 e. The van der Waals surface area contributed by atoms with Crippen LogP contribution in [0.25, 0.3) is 0 Å². The summed E-state index contributed by atoms with van der Waals surface area (Å²) in [5.41, 5.74) is -0.0691. The van der Waals surface area contributed by atoms with E-state index in [0.717, 1.165) is 63.6 Å². The first-order chi connectivity index (χ1) is 11.5. The number of carboxylic acids is 1. The fourth-order valence-corrected chi connectivity index (χ4v) is 4.55. The van der Waals surface area contributed by atoms with Crippen molar-refractivity contribution in [2.75, 3.05) is 20.1 Å². The normalized spacial score (nSPS) is 23.8. The topological polar surface area (TPSA) is 60.8 Å². The zero-order valence-electron chi connectivity index (χ0n) is 14.6. The Morgan fingerprint density at radius 3 is 2.33 bits per heavy atom. The number of piperidine rings is 1. The lowest BCUT2D eigenvalue weighted by atomic mass is 9.70. The predicted molar refractivity (Wildman–Crippen MR) is 94.0 cm³/mol. The highest BCUT2D eigenvalue weighted by Gasteiger charge is 2.47. The van der Waals surface area contributed by atoms with Gasteiger partial charge in [-0.1, -0.05) is 43.5 Å². The average Bonchev–Trinajstić information content (AvgIpc) is 2.62. The summed E-state index contributed by atoms with van der Waals surface area (Å²) in [5, 5.41) is 21.3. The number of hydrogen-bond donors (Lipinski definition) is 2. The third-order valence-corrected chi connectivity index (χ3v) is 6.05. The number of hydrogen-bond acceptors (Lipinski definition) is 3. The number of rotatable bonds is 4. The Kier molecular flexibility index (Phi) is 5.26. The Morgan fingerprint density at radius 1 is 1.08 bits per heavy atom. The molecular weight excluding hydrogens is 302 g/mol. The van der Waals surface area contributed by atoms with Crippen LogP contribution in [0, 0.1) is 5.92 Å². The lowest BCUT2D eigenvalue weighted by molar-refractivity contribution is -0.168. The molecule has 132 valence electrons. The quantitative estimate of drug-likeness (QED) is 0.888. The van der Waals surface area contributed by atoms with Gasteiger partial charge in [0.1, 0.15) is 0 Å². The molecular formula is C20H29NO3. The first kappa shape index (κ1) is 17.4. The summed E-state index contributed by atoms with van der Waals surface area (Å²) in [6.45, 7) is 2.04. The van der Waals surface area contributed by atoms with E-state index in [-0.39, 0.29) is 5.92 Å². The van der Waals surface area contributed by atoms with Crippen molar-refractivity contribution in [2.45, 2.75) is 56.5 Å². The summed E-state index contributed by atoms with van der Waals surface area (Å²) < 4.78 is 0. The molecule has 1 aliphatic carbocycles. The Labute approximate surface area is 144 Å². The Hall–Kier alpha value is -1.39. The van der Waals surface area contributed by atoms with Gasteiger partial charge in [0.05, 0.1) is 0 Å². The standard InChI is InChI=1S/C20H29NO3/c1-21-13-11-15(12-14-21)17-9-5-6-10-18(17)20(24,19(22)23)16-7-3-2-4-8-16/h5-6,9-10,15-16,24H,2-4,7-8,11-14H2,1H3,(H,22,23). The minimum Gasteiger partial charge on any atom is -0.479 e. The fourth-order valence-electron chi connectivity index (χ4n) is 4.55. The molecule has 0 aromatic heterocycles. The zero-order chi connectivity index (χ0) is 17.2. The van der Waals surface area contributed by atoms with Crippen molar-refractivity contribution in [2.24, 2.45) is 5.92 Å². The van der Waals surface area contributed by atoms with Crippen molar-refractivity contribution in [1.82, 2.24) is 4.90 Å². The van der Waals surface area contributed by atoms with Crippen LogP contribution in [-0.2, 0) is 10.4 Å². The van der Waals surface area contributed by atoms with Crippen molar-refractivity contribution >= 4 is 5.97 Å². The highest BCUT2D eigenvalue weighted by atomic mass is 16.4. The molecule has 1 heterocycles. The molecule has 0 spiro atoms. The van der Waals surface area contributed by atoms with E-state index in [1.165, 1.54) is 0 Å². The number of carbonyl (C=O) groups is 1. The van der Waals surface area contributed by atoms with Crippen molar-refractivity contribution in [1.29, 1.82) is 0 Å². The van der Waals surface area contributed by atoms with Crippen LogP contribution in [0.3, 0.4) is 0 Å². The molecule has 2 aliphatic rings. The molecule has 4 heteroatoms. The van der Waals surface area contributed by atoms with Gasteiger partial charge >= 0.3 is 5.97 Å². The molecule has 4 nitrogen and oxygen atoms in total. The first-order valence-electron chi connectivity index (χ1n) is 9.27. The fraction of sp³-hybridized carbons (Fsp3) is 0.650. The van der Waals surface area contributed by atoms with Crippen LogP contribution in [0.15, 0.2) is 24.3 Å². The molecule has 1 atom stereocenters. The molecule has 2 fully saturated rings. The third-order valence-electron chi connectivity index (χ3n) is 6.05. The van der Waals surface area contributed by atoms with E-state index in [1.807, 2.05) is 24.3 Å². The van der Waals surface area contributed by atoms with Gasteiger partial charge in [0.25, 0.3) is 0 Å². The van der Waals surface area contributed by atoms with Crippen molar-refractivity contribution in [3.05, 3.63) is 35.4 Å². The van der Waals surface area contributed by atoms with Crippen LogP contribution in [0.5, 0.6) is 0 Å². The highest BCUT2D eigenvalue weighted by Crippen LogP contribution is 2.43. The maximum absolute atomic E-state index is 12.1. The summed E-state index contributed by atoms with van der Waals surface area (Å²) in [4.78, 5) is 14.5. The SMILES string of the molecule is CN1CCC(c2ccccc2C(O)(C(=O)O)C2CCCCC2)CC1. The van der Waals surface area contributed by atoms with E-state index in [1.54, 1.807) is 0 Å². The van der Waals surface area contributed by atoms with Crippen LogP contribution in [0.1, 0.15) is 62.0 Å². The van der Waals surface area contributed by atoms with Crippen LogP contribution < -0.4 is 0 Å². The van der Waals surface area contributed by atoms with E-state index >= 15 is 0 Å². The predicted octanol–water partition coefficient (Wildman–Crippen LogP) is 3.35. The van der Waals surface area contributed by atoms with Gasteiger partial charge < -0.3 is 15.1 Å². The Morgan fingerprint density at radius 2 is 1.71 bits per heavy atom. The number of aliphatic carboxylic acids is 1. The van der Waals surface area contributed by atoms with E-state index in [0.29, 0.717) is 11.5 Å². The van der Waals surface area contributed by atoms with Crippen LogP contribution in [-0.4, -0.2) is 41.2 Å². The molecule has 1 aromatic carbocycles. The van der Waals surface area contributed by atoms with Gasteiger partial charge in [-0.25, -0.2) is 4.79 Å². The lowest BCUT2D eigenvalue weighted by Crippen LogP contribution is -2.45. The number of likely N-dealkylation sites (tertiary alicyclic amines) is 1. The molecule has 0 amide bonds. The minimum absolute atomic E-state index is 0.184. The first-order valence-corrected chi connectivity index (χ1v) is 9.27. The summed E-state index contributed by atoms with van der Waals surface area (Å²) in [6.07, 6.45) is 6.80.